The van der Waals surface area contributed by atoms with Gasteiger partial charge in [-0.1, -0.05) is 13.3 Å². The molecule has 0 radical (unpaired) electrons. The molecule has 0 aliphatic carbocycles. The second kappa shape index (κ2) is 5.80. The fraction of sp³-hybridized carbons (Fsp3) is 0.750. The molecule has 2 N–H and O–H groups in total. The van der Waals surface area contributed by atoms with Gasteiger partial charge < -0.3 is 10.2 Å². The maximum atomic E-state index is 10.9. The summed E-state index contributed by atoms with van der Waals surface area (Å²) in [4.78, 5) is 21.4. The average molecular weight is 254 g/mol. The van der Waals surface area contributed by atoms with E-state index in [1.54, 1.807) is 6.92 Å². The van der Waals surface area contributed by atoms with Gasteiger partial charge in [0, 0.05) is 0 Å². The molecule has 1 atom stereocenters. The van der Waals surface area contributed by atoms with Gasteiger partial charge in [0.25, 0.3) is 10.1 Å². The van der Waals surface area contributed by atoms with E-state index in [-0.39, 0.29) is 6.42 Å². The smallest absolute Gasteiger partial charge is 0.320 e. The highest BCUT2D eigenvalue weighted by Gasteiger charge is 2.37. The molecule has 0 aromatic heterocycles. The molecule has 0 amide bonds. The molecule has 16 heavy (non-hydrogen) atoms. The summed E-state index contributed by atoms with van der Waals surface area (Å²) in [6, 6.07) is 0. The van der Waals surface area contributed by atoms with Crippen molar-refractivity contribution in [1.29, 1.82) is 0 Å². The van der Waals surface area contributed by atoms with Gasteiger partial charge in [-0.15, -0.1) is 0 Å². The first-order valence-electron chi connectivity index (χ1n) is 4.53. The summed E-state index contributed by atoms with van der Waals surface area (Å²) in [5.74, 6) is -5.11. The van der Waals surface area contributed by atoms with Crippen molar-refractivity contribution >= 4 is 22.1 Å². The molecule has 7 nitrogen and oxygen atoms in total. The second-order valence-corrected chi connectivity index (χ2v) is 4.88. The fourth-order valence-corrected chi connectivity index (χ4v) is 1.86. The Morgan fingerprint density at radius 1 is 1.25 bits per heavy atom. The molecule has 94 valence electrons. The summed E-state index contributed by atoms with van der Waals surface area (Å²) in [5, 5.41) is 17.4. The van der Waals surface area contributed by atoms with E-state index in [9.17, 15) is 18.0 Å². The lowest BCUT2D eigenvalue weighted by molar-refractivity contribution is -0.158. The maximum Gasteiger partial charge on any atom is 0.320 e. The number of carboxylic acid groups (broad SMARTS) is 2. The van der Waals surface area contributed by atoms with Crippen LogP contribution in [-0.4, -0.2) is 42.9 Å². The number of hydrogen-bond donors (Lipinski definition) is 2. The SMILES string of the molecule is CCC[C@H](OS(C)(=O)=O)C(C(=O)O)C(=O)O. The topological polar surface area (TPSA) is 118 Å². The summed E-state index contributed by atoms with van der Waals surface area (Å²) >= 11 is 0. The zero-order valence-corrected chi connectivity index (χ0v) is 9.73. The third-order valence-electron chi connectivity index (χ3n) is 1.78. The summed E-state index contributed by atoms with van der Waals surface area (Å²) in [6.07, 6.45) is -0.181. The van der Waals surface area contributed by atoms with Gasteiger partial charge in [-0.3, -0.25) is 13.8 Å². The Labute approximate surface area is 93.2 Å². The Morgan fingerprint density at radius 3 is 1.94 bits per heavy atom. The van der Waals surface area contributed by atoms with Gasteiger partial charge in [-0.2, -0.15) is 8.42 Å². The first-order valence-corrected chi connectivity index (χ1v) is 6.34. The summed E-state index contributed by atoms with van der Waals surface area (Å²) in [6.45, 7) is 1.67. The number of aliphatic carboxylic acids is 2. The zero-order valence-electron chi connectivity index (χ0n) is 8.91. The minimum absolute atomic E-state index is 0.0380. The molecule has 0 spiro atoms. The molecule has 0 rings (SSSR count). The van der Waals surface area contributed by atoms with Crippen molar-refractivity contribution < 1.29 is 32.4 Å². The van der Waals surface area contributed by atoms with E-state index in [0.29, 0.717) is 6.42 Å². The van der Waals surface area contributed by atoms with Gasteiger partial charge >= 0.3 is 11.9 Å². The Hall–Kier alpha value is -1.15. The molecule has 0 aromatic rings. The highest BCUT2D eigenvalue weighted by molar-refractivity contribution is 7.86. The monoisotopic (exact) mass is 254 g/mol. The maximum absolute atomic E-state index is 10.9. The van der Waals surface area contributed by atoms with Gasteiger partial charge in [0.2, 0.25) is 0 Å². The van der Waals surface area contributed by atoms with Crippen LogP contribution in [0.4, 0.5) is 0 Å². The largest absolute Gasteiger partial charge is 0.481 e. The van der Waals surface area contributed by atoms with Crippen LogP contribution in [0.2, 0.25) is 0 Å². The average Bonchev–Trinajstić information content (AvgIpc) is 1.99. The van der Waals surface area contributed by atoms with E-state index in [4.69, 9.17) is 10.2 Å². The predicted molar refractivity (Wildman–Crippen MR) is 53.4 cm³/mol. The van der Waals surface area contributed by atoms with E-state index in [0.717, 1.165) is 6.26 Å². The lowest BCUT2D eigenvalue weighted by Gasteiger charge is -2.19. The molecular formula is C8H14O7S. The Bertz CT molecular complexity index is 345. The zero-order chi connectivity index (χ0) is 12.9. The van der Waals surface area contributed by atoms with Gasteiger partial charge in [-0.05, 0) is 6.42 Å². The van der Waals surface area contributed by atoms with Crippen LogP contribution in [0, 0.1) is 5.92 Å². The molecule has 0 aliphatic heterocycles. The molecule has 0 saturated carbocycles. The lowest BCUT2D eigenvalue weighted by atomic mass is 9.99. The highest BCUT2D eigenvalue weighted by Crippen LogP contribution is 2.17. The molecule has 0 heterocycles. The number of rotatable bonds is 7. The van der Waals surface area contributed by atoms with Gasteiger partial charge in [0.1, 0.15) is 6.10 Å². The van der Waals surface area contributed by atoms with E-state index in [1.165, 1.54) is 0 Å². The van der Waals surface area contributed by atoms with E-state index >= 15 is 0 Å². The van der Waals surface area contributed by atoms with Crippen molar-refractivity contribution in [1.82, 2.24) is 0 Å². The summed E-state index contributed by atoms with van der Waals surface area (Å²) in [7, 11) is -3.88. The van der Waals surface area contributed by atoms with E-state index < -0.39 is 34.1 Å². The van der Waals surface area contributed by atoms with Crippen molar-refractivity contribution in [2.24, 2.45) is 5.92 Å². The number of hydrogen-bond acceptors (Lipinski definition) is 5. The Balaban J connectivity index is 4.99. The number of carbonyl (C=O) groups is 2. The lowest BCUT2D eigenvalue weighted by Crippen LogP contribution is -2.38. The second-order valence-electron chi connectivity index (χ2n) is 3.28. The first-order chi connectivity index (χ1) is 7.19. The van der Waals surface area contributed by atoms with Crippen molar-refractivity contribution in [2.45, 2.75) is 25.9 Å². The van der Waals surface area contributed by atoms with Gasteiger partial charge in [0.15, 0.2) is 5.92 Å². The van der Waals surface area contributed by atoms with Crippen LogP contribution in [0.25, 0.3) is 0 Å². The molecule has 0 unspecified atom stereocenters. The highest BCUT2D eigenvalue weighted by atomic mass is 32.2. The molecule has 0 aliphatic rings. The third kappa shape index (κ3) is 5.08. The van der Waals surface area contributed by atoms with Gasteiger partial charge in [-0.25, -0.2) is 0 Å². The van der Waals surface area contributed by atoms with Gasteiger partial charge in [0.05, 0.1) is 6.26 Å². The van der Waals surface area contributed by atoms with Crippen LogP contribution in [0.1, 0.15) is 19.8 Å². The van der Waals surface area contributed by atoms with Crippen molar-refractivity contribution in [3.05, 3.63) is 0 Å². The molecule has 0 saturated heterocycles. The minimum atomic E-state index is -3.88. The minimum Gasteiger partial charge on any atom is -0.481 e. The van der Waals surface area contributed by atoms with Crippen LogP contribution >= 0.6 is 0 Å². The normalized spacial score (nSPS) is 13.7. The molecule has 0 aromatic carbocycles. The quantitative estimate of drug-likeness (QED) is 0.481. The number of carboxylic acids is 2. The van der Waals surface area contributed by atoms with Crippen LogP contribution in [-0.2, 0) is 23.9 Å². The molecule has 0 bridgehead atoms. The van der Waals surface area contributed by atoms with E-state index in [1.807, 2.05) is 0 Å². The first kappa shape index (κ1) is 14.8. The van der Waals surface area contributed by atoms with Crippen molar-refractivity contribution in [2.75, 3.05) is 6.26 Å². The van der Waals surface area contributed by atoms with Crippen LogP contribution < -0.4 is 0 Å². The molecule has 8 heteroatoms. The summed E-state index contributed by atoms with van der Waals surface area (Å²) < 4.78 is 26.2. The predicted octanol–water partition coefficient (Wildman–Crippen LogP) is -0.0833. The van der Waals surface area contributed by atoms with Crippen LogP contribution in [0.5, 0.6) is 0 Å². The standard InChI is InChI=1S/C8H14O7S/c1-3-4-5(15-16(2,13)14)6(7(9)10)8(11)12/h5-6H,3-4H2,1-2H3,(H,9,10)(H,11,12)/t5-/m0/s1. The van der Waals surface area contributed by atoms with Crippen molar-refractivity contribution in [3.8, 4) is 0 Å². The summed E-state index contributed by atoms with van der Waals surface area (Å²) in [5.41, 5.74) is 0. The molecular weight excluding hydrogens is 240 g/mol. The Morgan fingerprint density at radius 2 is 1.69 bits per heavy atom. The van der Waals surface area contributed by atoms with Crippen LogP contribution in [0.3, 0.4) is 0 Å². The fourth-order valence-electron chi connectivity index (χ4n) is 1.20. The third-order valence-corrected chi connectivity index (χ3v) is 2.37. The van der Waals surface area contributed by atoms with E-state index in [2.05, 4.69) is 4.18 Å². The van der Waals surface area contributed by atoms with Crippen LogP contribution in [0.15, 0.2) is 0 Å². The molecule has 0 fully saturated rings. The Kier molecular flexibility index (Phi) is 5.39. The van der Waals surface area contributed by atoms with Crippen molar-refractivity contribution in [3.63, 3.8) is 0 Å².